The van der Waals surface area contributed by atoms with Crippen LogP contribution in [0.15, 0.2) is 66.9 Å². The Labute approximate surface area is 210 Å². The molecule has 0 aliphatic heterocycles. The predicted molar refractivity (Wildman–Crippen MR) is 138 cm³/mol. The first-order valence-corrected chi connectivity index (χ1v) is 12.4. The maximum absolute atomic E-state index is 12.4. The van der Waals surface area contributed by atoms with Gasteiger partial charge in [0.1, 0.15) is 6.61 Å². The van der Waals surface area contributed by atoms with Gasteiger partial charge in [0.15, 0.2) is 0 Å². The fourth-order valence-electron chi connectivity index (χ4n) is 4.12. The van der Waals surface area contributed by atoms with Crippen molar-refractivity contribution in [1.82, 2.24) is 15.6 Å². The highest BCUT2D eigenvalue weighted by atomic mass is 16.5. The molecule has 2 aliphatic rings. The molecule has 8 nitrogen and oxygen atoms in total. The van der Waals surface area contributed by atoms with Crippen molar-refractivity contribution < 1.29 is 14.3 Å². The van der Waals surface area contributed by atoms with E-state index >= 15 is 0 Å². The molecule has 2 amide bonds. The van der Waals surface area contributed by atoms with Crippen molar-refractivity contribution in [3.63, 3.8) is 0 Å². The number of para-hydroxylation sites is 2. The summed E-state index contributed by atoms with van der Waals surface area (Å²) in [6.45, 7) is 1.55. The minimum Gasteiger partial charge on any atom is -0.445 e. The maximum atomic E-state index is 12.4. The number of amides is 2. The maximum Gasteiger partial charge on any atom is 0.407 e. The lowest BCUT2D eigenvalue weighted by Gasteiger charge is -2.09. The Morgan fingerprint density at radius 2 is 1.83 bits per heavy atom. The fraction of sp³-hybridized carbons (Fsp3) is 0.321. The number of anilines is 2. The summed E-state index contributed by atoms with van der Waals surface area (Å²) in [5.74, 6) is 1.19. The highest BCUT2D eigenvalue weighted by Crippen LogP contribution is 2.41. The molecule has 2 atom stereocenters. The molecule has 3 aromatic rings. The molecule has 5 N–H and O–H groups in total. The number of carbonyl (C=O) groups excluding carboxylic acids is 2. The van der Waals surface area contributed by atoms with E-state index in [0.29, 0.717) is 34.6 Å². The Morgan fingerprint density at radius 1 is 1.03 bits per heavy atom. The van der Waals surface area contributed by atoms with Crippen molar-refractivity contribution >= 4 is 23.4 Å². The normalized spacial score (nSPS) is 18.3. The molecular formula is C28H31N5O3. The molecule has 2 unspecified atom stereocenters. The highest BCUT2D eigenvalue weighted by Gasteiger charge is 2.38. The van der Waals surface area contributed by atoms with Gasteiger partial charge in [-0.1, -0.05) is 36.4 Å². The molecule has 0 spiro atoms. The van der Waals surface area contributed by atoms with Gasteiger partial charge in [-0.2, -0.15) is 0 Å². The number of nitrogens with zero attached hydrogens (tertiary/aromatic N) is 1. The number of carbonyl (C=O) groups is 2. The summed E-state index contributed by atoms with van der Waals surface area (Å²) in [5, 5.41) is 9.11. The number of rotatable bonds is 10. The lowest BCUT2D eigenvalue weighted by molar-refractivity contribution is 0.102. The number of aromatic nitrogens is 1. The summed E-state index contributed by atoms with van der Waals surface area (Å²) in [6, 6.07) is 19.3. The second-order valence-corrected chi connectivity index (χ2v) is 9.55. The van der Waals surface area contributed by atoms with Gasteiger partial charge < -0.3 is 26.4 Å². The molecule has 8 heteroatoms. The van der Waals surface area contributed by atoms with Gasteiger partial charge in [-0.3, -0.25) is 9.78 Å². The highest BCUT2D eigenvalue weighted by molar-refractivity contribution is 6.05. The van der Waals surface area contributed by atoms with Crippen molar-refractivity contribution in [2.75, 3.05) is 17.6 Å². The van der Waals surface area contributed by atoms with Crippen LogP contribution in [0, 0.1) is 5.92 Å². The molecule has 1 aromatic heterocycles. The van der Waals surface area contributed by atoms with Crippen LogP contribution in [-0.4, -0.2) is 29.6 Å². The van der Waals surface area contributed by atoms with Crippen LogP contribution in [-0.2, 0) is 17.9 Å². The van der Waals surface area contributed by atoms with Crippen LogP contribution >= 0.6 is 0 Å². The Morgan fingerprint density at radius 3 is 2.56 bits per heavy atom. The van der Waals surface area contributed by atoms with Crippen molar-refractivity contribution in [3.05, 3.63) is 89.2 Å². The first-order valence-electron chi connectivity index (χ1n) is 12.4. The van der Waals surface area contributed by atoms with Gasteiger partial charge in [0.2, 0.25) is 0 Å². The summed E-state index contributed by atoms with van der Waals surface area (Å²) in [6.07, 6.45) is 4.89. The van der Waals surface area contributed by atoms with Gasteiger partial charge >= 0.3 is 6.09 Å². The van der Waals surface area contributed by atoms with Crippen LogP contribution in [0.25, 0.3) is 0 Å². The SMILES string of the molecule is Nc1ccccc1NC(=O)c1ccc(CNC(=O)OCc2ccc(C3CC3NCC3CC3)cc2)nc1. The number of nitrogens with one attached hydrogen (secondary N) is 3. The second-order valence-electron chi connectivity index (χ2n) is 9.55. The van der Waals surface area contributed by atoms with Crippen LogP contribution in [0.2, 0.25) is 0 Å². The number of hydrogen-bond acceptors (Lipinski definition) is 6. The summed E-state index contributed by atoms with van der Waals surface area (Å²) in [5.41, 5.74) is 10.2. The van der Waals surface area contributed by atoms with Crippen LogP contribution < -0.4 is 21.7 Å². The minimum absolute atomic E-state index is 0.197. The van der Waals surface area contributed by atoms with Crippen LogP contribution in [0.1, 0.15) is 52.4 Å². The Balaban J connectivity index is 1.02. The number of ether oxygens (including phenoxy) is 1. The summed E-state index contributed by atoms with van der Waals surface area (Å²) < 4.78 is 5.33. The third kappa shape index (κ3) is 6.40. The lowest BCUT2D eigenvalue weighted by atomic mass is 10.1. The number of nitrogen functional groups attached to an aromatic ring is 1. The first-order chi connectivity index (χ1) is 17.5. The van der Waals surface area contributed by atoms with Crippen molar-refractivity contribution in [2.24, 2.45) is 5.92 Å². The summed E-state index contributed by atoms with van der Waals surface area (Å²) in [7, 11) is 0. The quantitative estimate of drug-likeness (QED) is 0.320. The van der Waals surface area contributed by atoms with Gasteiger partial charge in [-0.25, -0.2) is 4.79 Å². The third-order valence-electron chi connectivity index (χ3n) is 6.64. The van der Waals surface area contributed by atoms with Crippen LogP contribution in [0.5, 0.6) is 0 Å². The molecule has 2 fully saturated rings. The predicted octanol–water partition coefficient (Wildman–Crippen LogP) is 4.20. The Bertz CT molecular complexity index is 1210. The van der Waals surface area contributed by atoms with E-state index in [1.807, 2.05) is 12.1 Å². The van der Waals surface area contributed by atoms with Crippen molar-refractivity contribution in [3.8, 4) is 0 Å². The number of pyridine rings is 1. The van der Waals surface area contributed by atoms with E-state index in [9.17, 15) is 9.59 Å². The van der Waals surface area contributed by atoms with Gasteiger partial charge in [0.25, 0.3) is 5.91 Å². The zero-order chi connectivity index (χ0) is 24.9. The van der Waals surface area contributed by atoms with E-state index in [4.69, 9.17) is 10.5 Å². The largest absolute Gasteiger partial charge is 0.445 e. The molecule has 2 aromatic carbocycles. The van der Waals surface area contributed by atoms with E-state index < -0.39 is 6.09 Å². The molecule has 0 radical (unpaired) electrons. The van der Waals surface area contributed by atoms with Crippen molar-refractivity contribution in [2.45, 2.75) is 44.4 Å². The fourth-order valence-corrected chi connectivity index (χ4v) is 4.12. The van der Waals surface area contributed by atoms with E-state index in [1.165, 1.54) is 31.0 Å². The average Bonchev–Trinajstić information content (AvgIpc) is 3.82. The average molecular weight is 486 g/mol. The van der Waals surface area contributed by atoms with Gasteiger partial charge in [0, 0.05) is 18.2 Å². The van der Waals surface area contributed by atoms with Gasteiger partial charge in [-0.05, 0) is 67.1 Å². The first kappa shape index (κ1) is 23.8. The van der Waals surface area contributed by atoms with E-state index in [2.05, 4.69) is 33.1 Å². The van der Waals surface area contributed by atoms with Crippen molar-refractivity contribution in [1.29, 1.82) is 0 Å². The summed E-state index contributed by atoms with van der Waals surface area (Å²) >= 11 is 0. The standard InChI is InChI=1S/C28H31N5O3/c29-24-3-1-2-4-25(24)33-27(34)21-11-12-22(30-15-21)16-32-28(35)36-17-19-7-9-20(10-8-19)23-13-26(23)31-14-18-5-6-18/h1-4,7-12,15,18,23,26,31H,5-6,13-14,16-17,29H2,(H,32,35)(H,33,34). The van der Waals surface area contributed by atoms with Gasteiger partial charge in [0.05, 0.1) is 29.2 Å². The second kappa shape index (κ2) is 10.8. The molecule has 5 rings (SSSR count). The Kier molecular flexibility index (Phi) is 7.13. The molecule has 2 saturated carbocycles. The monoisotopic (exact) mass is 485 g/mol. The third-order valence-corrected chi connectivity index (χ3v) is 6.64. The lowest BCUT2D eigenvalue weighted by Crippen LogP contribution is -2.24. The number of hydrogen-bond donors (Lipinski definition) is 4. The van der Waals surface area contributed by atoms with E-state index in [1.54, 1.807) is 36.4 Å². The minimum atomic E-state index is -0.520. The molecule has 2 aliphatic carbocycles. The molecule has 186 valence electrons. The van der Waals surface area contributed by atoms with Crippen LogP contribution in [0.4, 0.5) is 16.2 Å². The zero-order valence-electron chi connectivity index (χ0n) is 20.1. The molecular weight excluding hydrogens is 454 g/mol. The molecule has 36 heavy (non-hydrogen) atoms. The topological polar surface area (TPSA) is 118 Å². The summed E-state index contributed by atoms with van der Waals surface area (Å²) in [4.78, 5) is 28.8. The Hall–Kier alpha value is -3.91. The van der Waals surface area contributed by atoms with Gasteiger partial charge in [-0.15, -0.1) is 0 Å². The number of alkyl carbamates (subject to hydrolysis) is 1. The molecule has 0 bridgehead atoms. The number of benzene rings is 2. The van der Waals surface area contributed by atoms with Crippen LogP contribution in [0.3, 0.4) is 0 Å². The number of nitrogens with two attached hydrogens (primary N) is 1. The zero-order valence-corrected chi connectivity index (χ0v) is 20.1. The van der Waals surface area contributed by atoms with E-state index in [0.717, 1.165) is 18.0 Å². The molecule has 1 heterocycles. The molecule has 0 saturated heterocycles. The smallest absolute Gasteiger partial charge is 0.407 e. The van der Waals surface area contributed by atoms with E-state index in [-0.39, 0.29) is 19.1 Å².